The van der Waals surface area contributed by atoms with Gasteiger partial charge in [0.15, 0.2) is 0 Å². The van der Waals surface area contributed by atoms with Crippen molar-refractivity contribution in [2.75, 3.05) is 0 Å². The van der Waals surface area contributed by atoms with E-state index in [0.29, 0.717) is 0 Å². The van der Waals surface area contributed by atoms with Crippen molar-refractivity contribution < 1.29 is 0 Å². The molecule has 2 aliphatic rings. The van der Waals surface area contributed by atoms with E-state index in [9.17, 15) is 0 Å². The molecule has 0 amide bonds. The lowest BCUT2D eigenvalue weighted by Crippen LogP contribution is -2.08. The maximum Gasteiger partial charge on any atom is -0.0383 e. The van der Waals surface area contributed by atoms with Crippen molar-refractivity contribution in [2.45, 2.75) is 65.2 Å². The van der Waals surface area contributed by atoms with E-state index in [4.69, 9.17) is 0 Å². The molecule has 0 aliphatic heterocycles. The highest BCUT2D eigenvalue weighted by Gasteiger charge is 2.34. The standard InChI is InChI=1S/C14H26/c1-3-11-5-7-13(9-11)14-8-6-12(4-2)10-14/h11-14H,3-10H2,1-2H3. The largest absolute Gasteiger partial charge is 0.0651 e. The van der Waals surface area contributed by atoms with E-state index in [1.165, 1.54) is 25.7 Å². The molecular formula is C14H26. The van der Waals surface area contributed by atoms with Gasteiger partial charge in [0.1, 0.15) is 0 Å². The molecule has 0 radical (unpaired) electrons. The maximum atomic E-state index is 2.37. The van der Waals surface area contributed by atoms with Crippen molar-refractivity contribution in [3.63, 3.8) is 0 Å². The predicted octanol–water partition coefficient (Wildman–Crippen LogP) is 4.64. The monoisotopic (exact) mass is 194 g/mol. The minimum atomic E-state index is 1.08. The van der Waals surface area contributed by atoms with Crippen LogP contribution in [0.5, 0.6) is 0 Å². The first-order valence-corrected chi connectivity index (χ1v) is 6.83. The molecule has 0 aromatic heterocycles. The van der Waals surface area contributed by atoms with Crippen LogP contribution < -0.4 is 0 Å². The molecule has 4 unspecified atom stereocenters. The molecule has 82 valence electrons. The van der Waals surface area contributed by atoms with E-state index in [-0.39, 0.29) is 0 Å². The first-order chi connectivity index (χ1) is 6.83. The fraction of sp³-hybridized carbons (Fsp3) is 1.00. The van der Waals surface area contributed by atoms with E-state index >= 15 is 0 Å². The second-order valence-corrected chi connectivity index (χ2v) is 5.69. The van der Waals surface area contributed by atoms with Crippen LogP contribution in [0.15, 0.2) is 0 Å². The van der Waals surface area contributed by atoms with E-state index in [0.717, 1.165) is 23.7 Å². The molecule has 0 bridgehead atoms. The number of hydrogen-bond acceptors (Lipinski definition) is 0. The molecule has 0 spiro atoms. The average Bonchev–Trinajstić information content (AvgIpc) is 2.86. The molecule has 14 heavy (non-hydrogen) atoms. The third-order valence-corrected chi connectivity index (χ3v) is 4.98. The molecule has 0 heterocycles. The molecule has 2 fully saturated rings. The lowest BCUT2D eigenvalue weighted by molar-refractivity contribution is 0.321. The van der Waals surface area contributed by atoms with E-state index in [1.807, 2.05) is 0 Å². The van der Waals surface area contributed by atoms with Crippen LogP contribution in [0, 0.1) is 23.7 Å². The van der Waals surface area contributed by atoms with E-state index in [2.05, 4.69) is 13.8 Å². The second-order valence-electron chi connectivity index (χ2n) is 5.69. The molecule has 4 atom stereocenters. The number of hydrogen-bond donors (Lipinski definition) is 0. The molecule has 2 rings (SSSR count). The van der Waals surface area contributed by atoms with Gasteiger partial charge < -0.3 is 0 Å². The Labute approximate surface area is 89.5 Å². The van der Waals surface area contributed by atoms with Crippen LogP contribution in [0.4, 0.5) is 0 Å². The molecule has 0 saturated heterocycles. The van der Waals surface area contributed by atoms with E-state index < -0.39 is 0 Å². The summed E-state index contributed by atoms with van der Waals surface area (Å²) in [7, 11) is 0. The zero-order chi connectivity index (χ0) is 9.97. The average molecular weight is 194 g/mol. The summed E-state index contributed by atoms with van der Waals surface area (Å²) < 4.78 is 0. The third kappa shape index (κ3) is 2.15. The minimum absolute atomic E-state index is 1.08. The quantitative estimate of drug-likeness (QED) is 0.614. The second kappa shape index (κ2) is 4.68. The predicted molar refractivity (Wildman–Crippen MR) is 62.2 cm³/mol. The summed E-state index contributed by atoms with van der Waals surface area (Å²) in [6.07, 6.45) is 12.2. The lowest BCUT2D eigenvalue weighted by atomic mass is 9.87. The van der Waals surface area contributed by atoms with Crippen LogP contribution in [-0.2, 0) is 0 Å². The van der Waals surface area contributed by atoms with Gasteiger partial charge in [0.25, 0.3) is 0 Å². The van der Waals surface area contributed by atoms with Crippen LogP contribution in [0.2, 0.25) is 0 Å². The summed E-state index contributed by atoms with van der Waals surface area (Å²) in [6.45, 7) is 4.74. The Hall–Kier alpha value is 0. The topological polar surface area (TPSA) is 0 Å². The summed E-state index contributed by atoms with van der Waals surface area (Å²) in [5.74, 6) is 4.41. The Morgan fingerprint density at radius 3 is 1.43 bits per heavy atom. The molecular weight excluding hydrogens is 168 g/mol. The molecule has 2 aliphatic carbocycles. The Bertz CT molecular complexity index is 153. The smallest absolute Gasteiger partial charge is 0.0383 e. The van der Waals surface area contributed by atoms with Crippen LogP contribution in [0.25, 0.3) is 0 Å². The SMILES string of the molecule is CCC1CCC(C2CCC(CC)C2)C1. The van der Waals surface area contributed by atoms with Gasteiger partial charge in [-0.15, -0.1) is 0 Å². The van der Waals surface area contributed by atoms with Crippen molar-refractivity contribution in [1.82, 2.24) is 0 Å². The van der Waals surface area contributed by atoms with E-state index in [1.54, 1.807) is 25.7 Å². The highest BCUT2D eigenvalue weighted by atomic mass is 14.4. The van der Waals surface area contributed by atoms with Crippen LogP contribution >= 0.6 is 0 Å². The van der Waals surface area contributed by atoms with Crippen LogP contribution in [-0.4, -0.2) is 0 Å². The van der Waals surface area contributed by atoms with Crippen LogP contribution in [0.1, 0.15) is 65.2 Å². The summed E-state index contributed by atoms with van der Waals surface area (Å²) in [6, 6.07) is 0. The van der Waals surface area contributed by atoms with Gasteiger partial charge >= 0.3 is 0 Å². The van der Waals surface area contributed by atoms with Gasteiger partial charge in [0.05, 0.1) is 0 Å². The minimum Gasteiger partial charge on any atom is -0.0651 e. The normalized spacial score (nSPS) is 43.3. The first-order valence-electron chi connectivity index (χ1n) is 6.83. The fourth-order valence-corrected chi connectivity index (χ4v) is 3.83. The number of rotatable bonds is 3. The summed E-state index contributed by atoms with van der Waals surface area (Å²) >= 11 is 0. The molecule has 0 nitrogen and oxygen atoms in total. The molecule has 0 aromatic carbocycles. The summed E-state index contributed by atoms with van der Waals surface area (Å²) in [5.41, 5.74) is 0. The maximum absolute atomic E-state index is 2.37. The summed E-state index contributed by atoms with van der Waals surface area (Å²) in [4.78, 5) is 0. The molecule has 0 heteroatoms. The lowest BCUT2D eigenvalue weighted by Gasteiger charge is -2.18. The molecule has 0 aromatic rings. The van der Waals surface area contributed by atoms with Crippen molar-refractivity contribution in [1.29, 1.82) is 0 Å². The zero-order valence-electron chi connectivity index (χ0n) is 9.97. The van der Waals surface area contributed by atoms with Gasteiger partial charge in [0, 0.05) is 0 Å². The van der Waals surface area contributed by atoms with Gasteiger partial charge in [-0.2, -0.15) is 0 Å². The Kier molecular flexibility index (Phi) is 3.52. The highest BCUT2D eigenvalue weighted by molar-refractivity contribution is 4.85. The van der Waals surface area contributed by atoms with Crippen molar-refractivity contribution in [3.8, 4) is 0 Å². The molecule has 2 saturated carbocycles. The van der Waals surface area contributed by atoms with Gasteiger partial charge in [-0.1, -0.05) is 39.5 Å². The van der Waals surface area contributed by atoms with Crippen molar-refractivity contribution in [2.24, 2.45) is 23.7 Å². The van der Waals surface area contributed by atoms with Crippen LogP contribution in [0.3, 0.4) is 0 Å². The summed E-state index contributed by atoms with van der Waals surface area (Å²) in [5, 5.41) is 0. The van der Waals surface area contributed by atoms with Gasteiger partial charge in [-0.3, -0.25) is 0 Å². The highest BCUT2D eigenvalue weighted by Crippen LogP contribution is 2.45. The zero-order valence-corrected chi connectivity index (χ0v) is 9.97. The Morgan fingerprint density at radius 2 is 1.14 bits per heavy atom. The third-order valence-electron chi connectivity index (χ3n) is 4.98. The molecule has 0 N–H and O–H groups in total. The fourth-order valence-electron chi connectivity index (χ4n) is 3.83. The van der Waals surface area contributed by atoms with Crippen molar-refractivity contribution in [3.05, 3.63) is 0 Å². The van der Waals surface area contributed by atoms with Crippen molar-refractivity contribution >= 4 is 0 Å². The van der Waals surface area contributed by atoms with Gasteiger partial charge in [-0.05, 0) is 49.4 Å². The van der Waals surface area contributed by atoms with Gasteiger partial charge in [-0.25, -0.2) is 0 Å². The Balaban J connectivity index is 1.80. The van der Waals surface area contributed by atoms with Gasteiger partial charge in [0.2, 0.25) is 0 Å². The Morgan fingerprint density at radius 1 is 0.714 bits per heavy atom. The first kappa shape index (κ1) is 10.5.